The minimum atomic E-state index is -0.255. The zero-order chi connectivity index (χ0) is 25.2. The van der Waals surface area contributed by atoms with Gasteiger partial charge in [-0.3, -0.25) is 9.20 Å². The lowest BCUT2D eigenvalue weighted by Crippen LogP contribution is -2.38. The Labute approximate surface area is 214 Å². The number of carbonyl (C=O) groups is 1. The third-order valence-corrected chi connectivity index (χ3v) is 7.85. The molecule has 1 amide bonds. The predicted octanol–water partition coefficient (Wildman–Crippen LogP) is 4.99. The standard InChI is InChI=1S/C27H31FN6OS/c1-18-26(32(3)27-31-23(17-36-27)20-4-7-22(28)8-5-20)34-16-21(6-9-24(34)30-18)19-11-14-33(15-12-19)25(35)10-13-29-2/h4-9,16-17,19,29H,10-15H2,1-3H3. The predicted molar refractivity (Wildman–Crippen MR) is 143 cm³/mol. The van der Waals surface area contributed by atoms with Gasteiger partial charge in [0.1, 0.15) is 17.3 Å². The van der Waals surface area contributed by atoms with E-state index in [4.69, 9.17) is 9.97 Å². The molecule has 1 saturated heterocycles. The Hall–Kier alpha value is -3.30. The van der Waals surface area contributed by atoms with E-state index in [0.717, 1.165) is 66.0 Å². The first-order valence-electron chi connectivity index (χ1n) is 12.3. The van der Waals surface area contributed by atoms with Gasteiger partial charge in [-0.15, -0.1) is 11.3 Å². The smallest absolute Gasteiger partial charge is 0.223 e. The monoisotopic (exact) mass is 506 g/mol. The highest BCUT2D eigenvalue weighted by Gasteiger charge is 2.25. The second-order valence-corrected chi connectivity index (χ2v) is 10.1. The van der Waals surface area contributed by atoms with Crippen LogP contribution >= 0.6 is 11.3 Å². The number of pyridine rings is 1. The van der Waals surface area contributed by atoms with Crippen LogP contribution in [0.1, 0.15) is 36.4 Å². The molecule has 1 aromatic carbocycles. The number of nitrogens with one attached hydrogen (secondary N) is 1. The van der Waals surface area contributed by atoms with Crippen LogP contribution in [0, 0.1) is 12.7 Å². The number of piperidine rings is 1. The largest absolute Gasteiger partial charge is 0.343 e. The first-order chi connectivity index (χ1) is 17.4. The van der Waals surface area contributed by atoms with E-state index in [1.54, 1.807) is 23.5 Å². The van der Waals surface area contributed by atoms with Gasteiger partial charge < -0.3 is 15.1 Å². The molecule has 4 heterocycles. The third-order valence-electron chi connectivity index (χ3n) is 6.93. The normalized spacial score (nSPS) is 14.5. The summed E-state index contributed by atoms with van der Waals surface area (Å²) in [7, 11) is 3.88. The number of rotatable bonds is 7. The van der Waals surface area contributed by atoms with Crippen LogP contribution in [0.25, 0.3) is 16.9 Å². The number of hydrogen-bond donors (Lipinski definition) is 1. The van der Waals surface area contributed by atoms with Crippen molar-refractivity contribution in [3.63, 3.8) is 0 Å². The van der Waals surface area contributed by atoms with Gasteiger partial charge in [0.25, 0.3) is 0 Å². The van der Waals surface area contributed by atoms with Crippen LogP contribution in [0.2, 0.25) is 0 Å². The van der Waals surface area contributed by atoms with Gasteiger partial charge in [-0.25, -0.2) is 14.4 Å². The summed E-state index contributed by atoms with van der Waals surface area (Å²) in [5, 5.41) is 5.89. The van der Waals surface area contributed by atoms with Gasteiger partial charge in [0.15, 0.2) is 5.13 Å². The maximum Gasteiger partial charge on any atom is 0.223 e. The number of halogens is 1. The van der Waals surface area contributed by atoms with Crippen LogP contribution in [0.4, 0.5) is 15.3 Å². The van der Waals surface area contributed by atoms with E-state index >= 15 is 0 Å². The maximum atomic E-state index is 13.3. The molecule has 7 nitrogen and oxygen atoms in total. The van der Waals surface area contributed by atoms with Gasteiger partial charge >= 0.3 is 0 Å². The highest BCUT2D eigenvalue weighted by atomic mass is 32.1. The summed E-state index contributed by atoms with van der Waals surface area (Å²) in [6.45, 7) is 4.33. The second kappa shape index (κ2) is 10.4. The molecule has 0 bridgehead atoms. The van der Waals surface area contributed by atoms with E-state index < -0.39 is 0 Å². The highest BCUT2D eigenvalue weighted by Crippen LogP contribution is 2.35. The molecule has 4 aromatic rings. The molecular weight excluding hydrogens is 475 g/mol. The average molecular weight is 507 g/mol. The maximum absolute atomic E-state index is 13.3. The molecule has 1 aliphatic rings. The van der Waals surface area contributed by atoms with Crippen molar-refractivity contribution in [2.45, 2.75) is 32.1 Å². The number of imidazole rings is 1. The van der Waals surface area contributed by atoms with Gasteiger partial charge in [0.2, 0.25) is 5.91 Å². The zero-order valence-electron chi connectivity index (χ0n) is 20.9. The number of nitrogens with zero attached hydrogens (tertiary/aromatic N) is 5. The topological polar surface area (TPSA) is 65.8 Å². The summed E-state index contributed by atoms with van der Waals surface area (Å²) in [5.74, 6) is 1.37. The van der Waals surface area contributed by atoms with E-state index in [1.165, 1.54) is 17.7 Å². The summed E-state index contributed by atoms with van der Waals surface area (Å²) in [6, 6.07) is 10.7. The minimum Gasteiger partial charge on any atom is -0.343 e. The molecule has 1 N–H and O–H groups in total. The van der Waals surface area contributed by atoms with E-state index in [0.29, 0.717) is 12.3 Å². The van der Waals surface area contributed by atoms with Crippen LogP contribution in [0.5, 0.6) is 0 Å². The summed E-state index contributed by atoms with van der Waals surface area (Å²) in [4.78, 5) is 26.0. The third kappa shape index (κ3) is 4.85. The summed E-state index contributed by atoms with van der Waals surface area (Å²) in [6.07, 6.45) is 4.67. The van der Waals surface area contributed by atoms with Crippen LogP contribution in [-0.4, -0.2) is 58.9 Å². The molecule has 0 atom stereocenters. The first-order valence-corrected chi connectivity index (χ1v) is 13.2. The van der Waals surface area contributed by atoms with E-state index in [-0.39, 0.29) is 11.7 Å². The first kappa shape index (κ1) is 24.4. The molecule has 0 aliphatic carbocycles. The molecule has 9 heteroatoms. The van der Waals surface area contributed by atoms with Crippen LogP contribution < -0.4 is 10.2 Å². The van der Waals surface area contributed by atoms with E-state index in [1.807, 2.05) is 31.3 Å². The molecular formula is C27H31FN6OS. The molecule has 3 aromatic heterocycles. The van der Waals surface area contributed by atoms with Crippen molar-refractivity contribution in [1.29, 1.82) is 0 Å². The Bertz CT molecular complexity index is 1360. The number of benzene rings is 1. The number of aromatic nitrogens is 3. The molecule has 188 valence electrons. The van der Waals surface area contributed by atoms with Crippen LogP contribution in [-0.2, 0) is 4.79 Å². The summed E-state index contributed by atoms with van der Waals surface area (Å²) < 4.78 is 15.5. The van der Waals surface area contributed by atoms with Crippen molar-refractivity contribution in [3.05, 3.63) is 65.0 Å². The molecule has 0 radical (unpaired) electrons. The second-order valence-electron chi connectivity index (χ2n) is 9.30. The zero-order valence-corrected chi connectivity index (χ0v) is 21.7. The molecule has 5 rings (SSSR count). The summed E-state index contributed by atoms with van der Waals surface area (Å²) >= 11 is 1.55. The Kier molecular flexibility index (Phi) is 7.02. The number of fused-ring (bicyclic) bond motifs is 1. The molecule has 0 spiro atoms. The number of aryl methyl sites for hydroxylation is 1. The fourth-order valence-electron chi connectivity index (χ4n) is 4.93. The Morgan fingerprint density at radius 3 is 2.64 bits per heavy atom. The lowest BCUT2D eigenvalue weighted by Gasteiger charge is -2.32. The molecule has 0 unspecified atom stereocenters. The van der Waals surface area contributed by atoms with Gasteiger partial charge in [-0.2, -0.15) is 0 Å². The van der Waals surface area contributed by atoms with Crippen LogP contribution in [0.15, 0.2) is 48.0 Å². The fourth-order valence-corrected chi connectivity index (χ4v) is 5.73. The summed E-state index contributed by atoms with van der Waals surface area (Å²) in [5.41, 5.74) is 4.81. The number of amides is 1. The van der Waals surface area contributed by atoms with Gasteiger partial charge in [0, 0.05) is 50.2 Å². The van der Waals surface area contributed by atoms with Crippen molar-refractivity contribution >= 4 is 33.8 Å². The highest BCUT2D eigenvalue weighted by molar-refractivity contribution is 7.14. The minimum absolute atomic E-state index is 0.232. The lowest BCUT2D eigenvalue weighted by atomic mass is 9.90. The van der Waals surface area contributed by atoms with Crippen molar-refractivity contribution in [1.82, 2.24) is 24.6 Å². The Morgan fingerprint density at radius 1 is 1.17 bits per heavy atom. The number of thiazole rings is 1. The number of hydrogen-bond acceptors (Lipinski definition) is 6. The number of anilines is 2. The van der Waals surface area contributed by atoms with Crippen molar-refractivity contribution < 1.29 is 9.18 Å². The Balaban J connectivity index is 1.36. The van der Waals surface area contributed by atoms with Crippen LogP contribution in [0.3, 0.4) is 0 Å². The van der Waals surface area contributed by atoms with E-state index in [9.17, 15) is 9.18 Å². The molecule has 1 fully saturated rings. The fraction of sp³-hybridized carbons (Fsp3) is 0.370. The number of carbonyl (C=O) groups excluding carboxylic acids is 1. The van der Waals surface area contributed by atoms with Gasteiger partial charge in [-0.05, 0) is 68.6 Å². The molecule has 36 heavy (non-hydrogen) atoms. The quantitative estimate of drug-likeness (QED) is 0.383. The SMILES string of the molecule is CNCCC(=O)N1CCC(c2ccc3nc(C)c(N(C)c4nc(-c5ccc(F)cc5)cs4)n3c2)CC1. The molecule has 0 saturated carbocycles. The van der Waals surface area contributed by atoms with Crippen molar-refractivity contribution in [3.8, 4) is 11.3 Å². The van der Waals surface area contributed by atoms with E-state index in [2.05, 4.69) is 32.9 Å². The molecule has 1 aliphatic heterocycles. The van der Waals surface area contributed by atoms with Gasteiger partial charge in [0.05, 0.1) is 11.4 Å². The Morgan fingerprint density at radius 2 is 1.92 bits per heavy atom. The average Bonchev–Trinajstić information content (AvgIpc) is 3.51. The number of likely N-dealkylation sites (tertiary alicyclic amines) is 1. The van der Waals surface area contributed by atoms with Gasteiger partial charge in [-0.1, -0.05) is 6.07 Å². The lowest BCUT2D eigenvalue weighted by molar-refractivity contribution is -0.132. The van der Waals surface area contributed by atoms with Crippen molar-refractivity contribution in [2.24, 2.45) is 0 Å². The van der Waals surface area contributed by atoms with Crippen molar-refractivity contribution in [2.75, 3.05) is 38.6 Å².